The number of sulfonamides is 1. The Morgan fingerprint density at radius 3 is 2.17 bits per heavy atom. The lowest BCUT2D eigenvalue weighted by molar-refractivity contribution is -0.122. The van der Waals surface area contributed by atoms with Gasteiger partial charge in [0.1, 0.15) is 6.04 Å². The first-order valence-electron chi connectivity index (χ1n) is 10.0. The van der Waals surface area contributed by atoms with Crippen LogP contribution in [0.15, 0.2) is 42.5 Å². The van der Waals surface area contributed by atoms with Crippen molar-refractivity contribution in [2.24, 2.45) is 0 Å². The maximum atomic E-state index is 13.0. The zero-order chi connectivity index (χ0) is 21.8. The Balaban J connectivity index is 2.30. The molecule has 1 N–H and O–H groups in total. The third kappa shape index (κ3) is 5.60. The van der Waals surface area contributed by atoms with E-state index < -0.39 is 16.1 Å². The summed E-state index contributed by atoms with van der Waals surface area (Å²) in [6, 6.07) is 12.4. The summed E-state index contributed by atoms with van der Waals surface area (Å²) in [4.78, 5) is 13.0. The molecule has 0 heterocycles. The number of carbonyl (C=O) groups excluding carboxylic acids is 1. The van der Waals surface area contributed by atoms with E-state index in [1.807, 2.05) is 52.0 Å². The van der Waals surface area contributed by atoms with Crippen LogP contribution in [0.25, 0.3) is 0 Å². The van der Waals surface area contributed by atoms with Crippen molar-refractivity contribution in [3.05, 3.63) is 64.7 Å². The Hall–Kier alpha value is -2.34. The molecule has 0 aromatic heterocycles. The fraction of sp³-hybridized carbons (Fsp3) is 0.435. The van der Waals surface area contributed by atoms with Crippen molar-refractivity contribution in [3.8, 4) is 0 Å². The van der Waals surface area contributed by atoms with Crippen LogP contribution in [0.1, 0.15) is 55.5 Å². The van der Waals surface area contributed by atoms with Gasteiger partial charge in [-0.05, 0) is 62.4 Å². The molecular weight excluding hydrogens is 384 g/mol. The summed E-state index contributed by atoms with van der Waals surface area (Å²) < 4.78 is 26.2. The molecule has 0 spiro atoms. The Morgan fingerprint density at radius 1 is 1.07 bits per heavy atom. The molecule has 2 rings (SSSR count). The van der Waals surface area contributed by atoms with Gasteiger partial charge in [-0.15, -0.1) is 0 Å². The van der Waals surface area contributed by atoms with Crippen molar-refractivity contribution in [1.82, 2.24) is 5.32 Å². The Labute approximate surface area is 175 Å². The minimum Gasteiger partial charge on any atom is -0.347 e. The second kappa shape index (κ2) is 9.44. The first-order valence-corrected chi connectivity index (χ1v) is 11.9. The van der Waals surface area contributed by atoms with Gasteiger partial charge in [-0.2, -0.15) is 0 Å². The number of nitrogens with one attached hydrogen (secondary N) is 1. The Kier molecular flexibility index (Phi) is 7.47. The molecule has 2 aromatic carbocycles. The van der Waals surface area contributed by atoms with Gasteiger partial charge in [0.05, 0.1) is 18.0 Å². The van der Waals surface area contributed by atoms with Crippen molar-refractivity contribution in [2.45, 2.75) is 59.5 Å². The molecule has 1 amide bonds. The molecule has 0 unspecified atom stereocenters. The molecule has 2 atom stereocenters. The van der Waals surface area contributed by atoms with Crippen molar-refractivity contribution in [1.29, 1.82) is 0 Å². The van der Waals surface area contributed by atoms with Crippen LogP contribution in [0, 0.1) is 13.8 Å². The predicted molar refractivity (Wildman–Crippen MR) is 120 cm³/mol. The summed E-state index contributed by atoms with van der Waals surface area (Å²) in [5.74, 6) is -0.318. The molecule has 0 bridgehead atoms. The lowest BCUT2D eigenvalue weighted by Gasteiger charge is -2.30. The van der Waals surface area contributed by atoms with Crippen LogP contribution in [0.2, 0.25) is 0 Å². The van der Waals surface area contributed by atoms with E-state index in [0.29, 0.717) is 12.1 Å². The molecule has 0 radical (unpaired) electrons. The molecule has 0 saturated carbocycles. The lowest BCUT2D eigenvalue weighted by Crippen LogP contribution is -2.48. The molecular formula is C23H32N2O3S. The van der Waals surface area contributed by atoms with Gasteiger partial charge in [0.25, 0.3) is 0 Å². The number of hydrogen-bond acceptors (Lipinski definition) is 3. The minimum atomic E-state index is -3.63. The molecule has 0 fully saturated rings. The number of benzene rings is 2. The van der Waals surface area contributed by atoms with Crippen molar-refractivity contribution in [3.63, 3.8) is 0 Å². The van der Waals surface area contributed by atoms with Crippen LogP contribution in [-0.2, 0) is 21.2 Å². The number of anilines is 1. The number of amides is 1. The highest BCUT2D eigenvalue weighted by atomic mass is 32.2. The van der Waals surface area contributed by atoms with E-state index in [-0.39, 0.29) is 11.9 Å². The predicted octanol–water partition coefficient (Wildman–Crippen LogP) is 4.29. The van der Waals surface area contributed by atoms with Crippen LogP contribution in [0.5, 0.6) is 0 Å². The standard InChI is InChI=1S/C23H32N2O3S/c1-7-19-10-12-20(13-11-19)25(29(6,27)28)18(5)23(26)24-22(8-2)21-14-9-16(3)15-17(21)4/h9-15,18,22H,7-8H2,1-6H3,(H,24,26)/t18-,22+/m1/s1. The third-order valence-corrected chi connectivity index (χ3v) is 6.45. The van der Waals surface area contributed by atoms with Crippen LogP contribution < -0.4 is 9.62 Å². The molecule has 0 aliphatic rings. The van der Waals surface area contributed by atoms with Crippen LogP contribution in [0.3, 0.4) is 0 Å². The highest BCUT2D eigenvalue weighted by molar-refractivity contribution is 7.92. The van der Waals surface area contributed by atoms with Crippen molar-refractivity contribution >= 4 is 21.6 Å². The topological polar surface area (TPSA) is 66.5 Å². The van der Waals surface area contributed by atoms with Gasteiger partial charge < -0.3 is 5.32 Å². The largest absolute Gasteiger partial charge is 0.347 e. The zero-order valence-corrected chi connectivity index (χ0v) is 19.0. The molecule has 0 aliphatic carbocycles. The number of rotatable bonds is 8. The average Bonchev–Trinajstić information content (AvgIpc) is 2.66. The highest BCUT2D eigenvalue weighted by Gasteiger charge is 2.30. The zero-order valence-electron chi connectivity index (χ0n) is 18.2. The monoisotopic (exact) mass is 416 g/mol. The molecule has 158 valence electrons. The van der Waals surface area contributed by atoms with Gasteiger partial charge in [-0.25, -0.2) is 8.42 Å². The second-order valence-electron chi connectivity index (χ2n) is 7.58. The number of aryl methyl sites for hydroxylation is 3. The number of hydrogen-bond donors (Lipinski definition) is 1. The van der Waals surface area contributed by atoms with Gasteiger partial charge in [-0.1, -0.05) is 49.7 Å². The summed E-state index contributed by atoms with van der Waals surface area (Å²) in [6.07, 6.45) is 2.71. The normalized spacial score (nSPS) is 13.6. The third-order valence-electron chi connectivity index (χ3n) is 5.21. The van der Waals surface area contributed by atoms with Crippen molar-refractivity contribution in [2.75, 3.05) is 10.6 Å². The average molecular weight is 417 g/mol. The number of carbonyl (C=O) groups is 1. The van der Waals surface area contributed by atoms with Gasteiger partial charge in [0.15, 0.2) is 0 Å². The fourth-order valence-electron chi connectivity index (χ4n) is 3.60. The SMILES string of the molecule is CCc1ccc(N([C@H](C)C(=O)N[C@@H](CC)c2ccc(C)cc2C)S(C)(=O)=O)cc1. The first kappa shape index (κ1) is 22.9. The van der Waals surface area contributed by atoms with E-state index in [1.54, 1.807) is 19.1 Å². The summed E-state index contributed by atoms with van der Waals surface area (Å²) in [6.45, 7) is 9.73. The minimum absolute atomic E-state index is 0.172. The summed E-state index contributed by atoms with van der Waals surface area (Å²) in [5.41, 5.74) is 4.93. The molecule has 0 saturated heterocycles. The van der Waals surface area contributed by atoms with E-state index in [4.69, 9.17) is 0 Å². The van der Waals surface area contributed by atoms with Crippen LogP contribution >= 0.6 is 0 Å². The van der Waals surface area contributed by atoms with E-state index in [0.717, 1.165) is 29.4 Å². The maximum absolute atomic E-state index is 13.0. The molecule has 5 nitrogen and oxygen atoms in total. The molecule has 2 aromatic rings. The maximum Gasteiger partial charge on any atom is 0.244 e. The van der Waals surface area contributed by atoms with Gasteiger partial charge in [0, 0.05) is 0 Å². The van der Waals surface area contributed by atoms with E-state index in [2.05, 4.69) is 11.4 Å². The van der Waals surface area contributed by atoms with Crippen LogP contribution in [-0.4, -0.2) is 26.6 Å². The van der Waals surface area contributed by atoms with Crippen molar-refractivity contribution < 1.29 is 13.2 Å². The van der Waals surface area contributed by atoms with Gasteiger partial charge >= 0.3 is 0 Å². The van der Waals surface area contributed by atoms with E-state index in [9.17, 15) is 13.2 Å². The van der Waals surface area contributed by atoms with Gasteiger partial charge in [-0.3, -0.25) is 9.10 Å². The quantitative estimate of drug-likeness (QED) is 0.698. The van der Waals surface area contributed by atoms with E-state index >= 15 is 0 Å². The van der Waals surface area contributed by atoms with Gasteiger partial charge in [0.2, 0.25) is 15.9 Å². The summed E-state index contributed by atoms with van der Waals surface area (Å²) in [7, 11) is -3.63. The smallest absolute Gasteiger partial charge is 0.244 e. The first-order chi connectivity index (χ1) is 13.6. The highest BCUT2D eigenvalue weighted by Crippen LogP contribution is 2.25. The van der Waals surface area contributed by atoms with E-state index in [1.165, 1.54) is 9.87 Å². The summed E-state index contributed by atoms with van der Waals surface area (Å²) in [5, 5.41) is 3.04. The second-order valence-corrected chi connectivity index (χ2v) is 9.44. The lowest BCUT2D eigenvalue weighted by atomic mass is 9.97. The molecule has 0 aliphatic heterocycles. The summed E-state index contributed by atoms with van der Waals surface area (Å²) >= 11 is 0. The Morgan fingerprint density at radius 2 is 1.69 bits per heavy atom. The fourth-order valence-corrected chi connectivity index (χ4v) is 4.77. The Bertz CT molecular complexity index is 953. The van der Waals surface area contributed by atoms with Crippen LogP contribution in [0.4, 0.5) is 5.69 Å². The molecule has 6 heteroatoms. The number of nitrogens with zero attached hydrogens (tertiary/aromatic N) is 1. The molecule has 29 heavy (non-hydrogen) atoms.